The molecule has 2 amide bonds. The van der Waals surface area contributed by atoms with Crippen molar-refractivity contribution in [3.05, 3.63) is 40.7 Å². The number of nitrogens with one attached hydrogen (secondary N) is 2. The largest absolute Gasteiger partial charge is 0.477 e. The van der Waals surface area contributed by atoms with Crippen LogP contribution in [0.5, 0.6) is 0 Å². The Morgan fingerprint density at radius 2 is 2.20 bits per heavy atom. The van der Waals surface area contributed by atoms with E-state index in [-0.39, 0.29) is 40.9 Å². The van der Waals surface area contributed by atoms with Gasteiger partial charge in [0.1, 0.15) is 5.70 Å². The first-order valence-corrected chi connectivity index (χ1v) is 10.8. The van der Waals surface area contributed by atoms with E-state index >= 15 is 0 Å². The number of rotatable bonds is 6. The molecular weight excluding hydrogens is 408 g/mol. The van der Waals surface area contributed by atoms with Crippen molar-refractivity contribution in [2.24, 2.45) is 11.8 Å². The molecule has 0 spiro atoms. The summed E-state index contributed by atoms with van der Waals surface area (Å²) in [4.78, 5) is 42.6. The number of carboxylic acids is 1. The minimum absolute atomic E-state index is 0.0299. The number of hydrogen-bond donors (Lipinski definition) is 4. The Kier molecular flexibility index (Phi) is 5.56. The molecule has 4 rings (SSSR count). The van der Waals surface area contributed by atoms with Crippen LogP contribution in [0.3, 0.4) is 0 Å². The number of aliphatic carboxylic acids is 1. The molecule has 30 heavy (non-hydrogen) atoms. The van der Waals surface area contributed by atoms with E-state index in [0.717, 1.165) is 0 Å². The van der Waals surface area contributed by atoms with Gasteiger partial charge in [-0.2, -0.15) is 0 Å². The molecule has 160 valence electrons. The normalized spacial score (nSPS) is 31.4. The first-order chi connectivity index (χ1) is 14.3. The van der Waals surface area contributed by atoms with Gasteiger partial charge in [0, 0.05) is 35.0 Å². The molecule has 1 aromatic rings. The SMILES string of the molecule is C[C@@H](O)[C@H]1C(=O)N2C(C(=O)O)=C(S[C@@H]3CN[C@H](NC(=O)c4cccnc4)C3)[C@H](C)[C@H]12. The van der Waals surface area contributed by atoms with Crippen molar-refractivity contribution in [3.8, 4) is 0 Å². The number of fused-ring (bicyclic) bond motifs is 1. The molecule has 0 bridgehead atoms. The van der Waals surface area contributed by atoms with Gasteiger partial charge in [0.2, 0.25) is 5.91 Å². The quantitative estimate of drug-likeness (QED) is 0.475. The third kappa shape index (κ3) is 3.48. The monoisotopic (exact) mass is 432 g/mol. The van der Waals surface area contributed by atoms with E-state index < -0.39 is 18.0 Å². The number of nitrogens with zero attached hydrogens (tertiary/aromatic N) is 2. The van der Waals surface area contributed by atoms with Crippen LogP contribution in [-0.2, 0) is 9.59 Å². The number of aromatic nitrogens is 1. The maximum absolute atomic E-state index is 12.4. The standard InChI is InChI=1S/C20H24N4O5S/c1-9-15-14(10(2)25)19(27)24(15)16(20(28)29)17(9)30-12-6-13(22-8-12)23-18(26)11-4-3-5-21-7-11/h3-5,7,9-10,12-15,22,25H,6,8H2,1-2H3,(H,23,26)(H,28,29)/t9-,10-,12+,13-,14-,15-/m1/s1. The zero-order chi connectivity index (χ0) is 21.6. The molecule has 3 aliphatic rings. The van der Waals surface area contributed by atoms with Gasteiger partial charge >= 0.3 is 5.97 Å². The van der Waals surface area contributed by atoms with E-state index in [2.05, 4.69) is 15.6 Å². The van der Waals surface area contributed by atoms with Crippen LogP contribution in [0.2, 0.25) is 0 Å². The van der Waals surface area contributed by atoms with E-state index in [1.165, 1.54) is 22.9 Å². The van der Waals surface area contributed by atoms with Gasteiger partial charge in [-0.3, -0.25) is 19.9 Å². The third-order valence-electron chi connectivity index (χ3n) is 5.92. The highest BCUT2D eigenvalue weighted by Gasteiger charge is 2.60. The van der Waals surface area contributed by atoms with Crippen molar-refractivity contribution >= 4 is 29.5 Å². The van der Waals surface area contributed by atoms with Gasteiger partial charge in [-0.1, -0.05) is 6.92 Å². The highest BCUT2D eigenvalue weighted by Crippen LogP contribution is 2.51. The number of carbonyl (C=O) groups is 3. The van der Waals surface area contributed by atoms with Crippen LogP contribution in [0.4, 0.5) is 0 Å². The summed E-state index contributed by atoms with van der Waals surface area (Å²) in [5, 5.41) is 25.9. The summed E-state index contributed by atoms with van der Waals surface area (Å²) < 4.78 is 0. The predicted octanol–water partition coefficient (Wildman–Crippen LogP) is 0.386. The molecule has 0 aliphatic carbocycles. The van der Waals surface area contributed by atoms with Crippen molar-refractivity contribution < 1.29 is 24.6 Å². The molecular formula is C20H24N4O5S. The molecule has 4 heterocycles. The van der Waals surface area contributed by atoms with Crippen molar-refractivity contribution in [3.63, 3.8) is 0 Å². The highest BCUT2D eigenvalue weighted by atomic mass is 32.2. The van der Waals surface area contributed by atoms with Crippen LogP contribution in [0, 0.1) is 11.8 Å². The van der Waals surface area contributed by atoms with Crippen molar-refractivity contribution in [2.45, 2.75) is 43.8 Å². The Morgan fingerprint density at radius 1 is 1.43 bits per heavy atom. The maximum Gasteiger partial charge on any atom is 0.353 e. The van der Waals surface area contributed by atoms with Crippen LogP contribution in [0.1, 0.15) is 30.6 Å². The summed E-state index contributed by atoms with van der Waals surface area (Å²) in [6.45, 7) is 4.07. The molecule has 0 aromatic carbocycles. The number of pyridine rings is 1. The van der Waals surface area contributed by atoms with Gasteiger partial charge < -0.3 is 20.4 Å². The number of amides is 2. The molecule has 0 radical (unpaired) electrons. The zero-order valence-electron chi connectivity index (χ0n) is 16.6. The predicted molar refractivity (Wildman–Crippen MR) is 109 cm³/mol. The van der Waals surface area contributed by atoms with E-state index in [4.69, 9.17) is 0 Å². The van der Waals surface area contributed by atoms with Crippen molar-refractivity contribution in [1.29, 1.82) is 0 Å². The van der Waals surface area contributed by atoms with E-state index in [1.807, 2.05) is 6.92 Å². The zero-order valence-corrected chi connectivity index (χ0v) is 17.4. The average molecular weight is 433 g/mol. The molecule has 0 unspecified atom stereocenters. The van der Waals surface area contributed by atoms with Gasteiger partial charge in [-0.15, -0.1) is 11.8 Å². The lowest BCUT2D eigenvalue weighted by molar-refractivity contribution is -0.163. The van der Waals surface area contributed by atoms with E-state index in [0.29, 0.717) is 23.4 Å². The van der Waals surface area contributed by atoms with E-state index in [1.54, 1.807) is 25.3 Å². The topological polar surface area (TPSA) is 132 Å². The second-order valence-electron chi connectivity index (χ2n) is 7.92. The fraction of sp³-hybridized carbons (Fsp3) is 0.500. The first-order valence-electron chi connectivity index (χ1n) is 9.89. The summed E-state index contributed by atoms with van der Waals surface area (Å²) >= 11 is 1.45. The molecule has 1 aromatic heterocycles. The molecule has 4 N–H and O–H groups in total. The number of β-lactam (4-membered cyclic amide) rings is 1. The second kappa shape index (κ2) is 8.01. The van der Waals surface area contributed by atoms with Crippen LogP contribution >= 0.6 is 11.8 Å². The lowest BCUT2D eigenvalue weighted by Crippen LogP contribution is -2.63. The molecule has 6 atom stereocenters. The second-order valence-corrected chi connectivity index (χ2v) is 9.27. The fourth-order valence-electron chi connectivity index (χ4n) is 4.50. The Morgan fingerprint density at radius 3 is 2.83 bits per heavy atom. The smallest absolute Gasteiger partial charge is 0.353 e. The van der Waals surface area contributed by atoms with Crippen LogP contribution in [-0.4, -0.2) is 68.0 Å². The van der Waals surface area contributed by atoms with Gasteiger partial charge in [-0.25, -0.2) is 4.79 Å². The van der Waals surface area contributed by atoms with Gasteiger partial charge in [0.15, 0.2) is 0 Å². The van der Waals surface area contributed by atoms with Crippen LogP contribution in [0.25, 0.3) is 0 Å². The van der Waals surface area contributed by atoms with Crippen molar-refractivity contribution in [1.82, 2.24) is 20.5 Å². The van der Waals surface area contributed by atoms with Crippen LogP contribution < -0.4 is 10.6 Å². The third-order valence-corrected chi connectivity index (χ3v) is 7.44. The fourth-order valence-corrected chi connectivity index (χ4v) is 5.98. The van der Waals surface area contributed by atoms with Gasteiger partial charge in [0.25, 0.3) is 5.91 Å². The molecule has 10 heteroatoms. The Hall–Kier alpha value is -2.43. The summed E-state index contributed by atoms with van der Waals surface area (Å²) in [5.41, 5.74) is 0.505. The molecule has 2 saturated heterocycles. The van der Waals surface area contributed by atoms with Gasteiger partial charge in [0.05, 0.1) is 29.8 Å². The first kappa shape index (κ1) is 20.8. The number of aliphatic hydroxyl groups excluding tert-OH is 1. The molecule has 3 aliphatic heterocycles. The lowest BCUT2D eigenvalue weighted by Gasteiger charge is -2.46. The van der Waals surface area contributed by atoms with Gasteiger partial charge in [-0.05, 0) is 25.5 Å². The number of carboxylic acid groups (broad SMARTS) is 1. The Balaban J connectivity index is 1.43. The minimum Gasteiger partial charge on any atom is -0.477 e. The molecule has 2 fully saturated rings. The maximum atomic E-state index is 12.4. The number of thioether (sulfide) groups is 1. The Labute approximate surface area is 177 Å². The highest BCUT2D eigenvalue weighted by molar-refractivity contribution is 8.03. The molecule has 9 nitrogen and oxygen atoms in total. The van der Waals surface area contributed by atoms with E-state index in [9.17, 15) is 24.6 Å². The number of carbonyl (C=O) groups excluding carboxylic acids is 2. The lowest BCUT2D eigenvalue weighted by atomic mass is 9.79. The summed E-state index contributed by atoms with van der Waals surface area (Å²) in [7, 11) is 0. The minimum atomic E-state index is -1.13. The van der Waals surface area contributed by atoms with Crippen molar-refractivity contribution in [2.75, 3.05) is 6.54 Å². The Bertz CT molecular complexity index is 906. The average Bonchev–Trinajstić information content (AvgIpc) is 3.23. The summed E-state index contributed by atoms with van der Waals surface area (Å²) in [5.74, 6) is -2.42. The number of aliphatic hydroxyl groups is 1. The summed E-state index contributed by atoms with van der Waals surface area (Å²) in [6, 6.07) is 3.07. The van der Waals surface area contributed by atoms with Crippen LogP contribution in [0.15, 0.2) is 35.1 Å². The molecule has 0 saturated carbocycles. The number of hydrogen-bond acceptors (Lipinski definition) is 7. The summed E-state index contributed by atoms with van der Waals surface area (Å²) in [6.07, 6.45) is 2.67.